The van der Waals surface area contributed by atoms with Gasteiger partial charge < -0.3 is 20.6 Å². The summed E-state index contributed by atoms with van der Waals surface area (Å²) in [7, 11) is 3.22. The maximum atomic E-state index is 11.6. The third-order valence-electron chi connectivity index (χ3n) is 3.26. The van der Waals surface area contributed by atoms with Crippen LogP contribution in [0.4, 0.5) is 4.79 Å². The van der Waals surface area contributed by atoms with E-state index in [4.69, 9.17) is 5.11 Å². The molecule has 0 radical (unpaired) electrons. The van der Waals surface area contributed by atoms with Crippen LogP contribution in [0, 0.1) is 5.92 Å². The van der Waals surface area contributed by atoms with E-state index >= 15 is 0 Å². The molecule has 0 aliphatic heterocycles. The Morgan fingerprint density at radius 1 is 1.26 bits per heavy atom. The molecule has 1 fully saturated rings. The number of nitrogens with zero attached hydrogens (tertiary/aromatic N) is 1. The molecule has 19 heavy (non-hydrogen) atoms. The summed E-state index contributed by atoms with van der Waals surface area (Å²) in [5, 5.41) is 14.1. The first-order chi connectivity index (χ1) is 8.90. The van der Waals surface area contributed by atoms with E-state index < -0.39 is 12.0 Å². The van der Waals surface area contributed by atoms with Gasteiger partial charge in [0.2, 0.25) is 5.91 Å². The van der Waals surface area contributed by atoms with Crippen molar-refractivity contribution in [3.8, 4) is 0 Å². The molecule has 3 amide bonds. The molecule has 0 saturated heterocycles. The molecule has 0 heterocycles. The molecule has 0 aromatic heterocycles. The SMILES string of the molecule is CN(C)C(=O)CNC(=O)NC1CCCC(C(=O)O)C1. The van der Waals surface area contributed by atoms with Crippen molar-refractivity contribution in [3.63, 3.8) is 0 Å². The van der Waals surface area contributed by atoms with Gasteiger partial charge in [0.15, 0.2) is 0 Å². The molecule has 0 spiro atoms. The fourth-order valence-electron chi connectivity index (χ4n) is 2.10. The number of carbonyl (C=O) groups excluding carboxylic acids is 2. The Labute approximate surface area is 112 Å². The van der Waals surface area contributed by atoms with Crippen molar-refractivity contribution in [2.75, 3.05) is 20.6 Å². The zero-order valence-corrected chi connectivity index (χ0v) is 11.3. The van der Waals surface area contributed by atoms with Crippen molar-refractivity contribution in [3.05, 3.63) is 0 Å². The monoisotopic (exact) mass is 271 g/mol. The second kappa shape index (κ2) is 6.96. The van der Waals surface area contributed by atoms with E-state index in [0.717, 1.165) is 12.8 Å². The highest BCUT2D eigenvalue weighted by atomic mass is 16.4. The molecule has 2 atom stereocenters. The van der Waals surface area contributed by atoms with Crippen LogP contribution in [0.15, 0.2) is 0 Å². The van der Waals surface area contributed by atoms with E-state index in [1.165, 1.54) is 4.90 Å². The third kappa shape index (κ3) is 5.15. The lowest BCUT2D eigenvalue weighted by atomic mass is 9.86. The van der Waals surface area contributed by atoms with E-state index in [1.807, 2.05) is 0 Å². The number of carboxylic acid groups (broad SMARTS) is 1. The first-order valence-electron chi connectivity index (χ1n) is 6.37. The standard InChI is InChI=1S/C12H21N3O4/c1-15(2)10(16)7-13-12(19)14-9-5-3-4-8(6-9)11(17)18/h8-9H,3-7H2,1-2H3,(H,17,18)(H2,13,14,19). The van der Waals surface area contributed by atoms with Gasteiger partial charge in [-0.05, 0) is 19.3 Å². The van der Waals surface area contributed by atoms with Crippen molar-refractivity contribution >= 4 is 17.9 Å². The highest BCUT2D eigenvalue weighted by molar-refractivity contribution is 5.83. The van der Waals surface area contributed by atoms with Gasteiger partial charge in [0, 0.05) is 20.1 Å². The number of rotatable bonds is 4. The second-order valence-electron chi connectivity index (χ2n) is 5.01. The van der Waals surface area contributed by atoms with Gasteiger partial charge in [0.1, 0.15) is 0 Å². The van der Waals surface area contributed by atoms with Crippen molar-refractivity contribution in [2.24, 2.45) is 5.92 Å². The minimum absolute atomic E-state index is 0.0616. The molecule has 1 rings (SSSR count). The molecular formula is C12H21N3O4. The molecule has 108 valence electrons. The number of likely N-dealkylation sites (N-methyl/N-ethyl adjacent to an activating group) is 1. The summed E-state index contributed by atoms with van der Waals surface area (Å²) in [6.45, 7) is -0.0616. The zero-order chi connectivity index (χ0) is 14.4. The number of hydrogen-bond donors (Lipinski definition) is 3. The van der Waals surface area contributed by atoms with E-state index in [2.05, 4.69) is 10.6 Å². The van der Waals surface area contributed by atoms with Crippen LogP contribution in [0.2, 0.25) is 0 Å². The summed E-state index contributed by atoms with van der Waals surface area (Å²) in [6.07, 6.45) is 2.68. The Morgan fingerprint density at radius 2 is 1.95 bits per heavy atom. The van der Waals surface area contributed by atoms with Gasteiger partial charge in [-0.2, -0.15) is 0 Å². The first kappa shape index (κ1) is 15.3. The van der Waals surface area contributed by atoms with Crippen molar-refractivity contribution in [1.29, 1.82) is 0 Å². The molecule has 0 bridgehead atoms. The molecule has 1 saturated carbocycles. The lowest BCUT2D eigenvalue weighted by Crippen LogP contribution is -2.47. The van der Waals surface area contributed by atoms with Crippen molar-refractivity contribution in [2.45, 2.75) is 31.7 Å². The molecule has 0 aromatic rings. The predicted molar refractivity (Wildman–Crippen MR) is 68.6 cm³/mol. The number of carbonyl (C=O) groups is 3. The van der Waals surface area contributed by atoms with Crippen LogP contribution in [0.25, 0.3) is 0 Å². The van der Waals surface area contributed by atoms with Gasteiger partial charge in [-0.25, -0.2) is 4.79 Å². The number of carboxylic acids is 1. The topological polar surface area (TPSA) is 98.7 Å². The fraction of sp³-hybridized carbons (Fsp3) is 0.750. The van der Waals surface area contributed by atoms with E-state index in [1.54, 1.807) is 14.1 Å². The Hall–Kier alpha value is -1.79. The average molecular weight is 271 g/mol. The minimum Gasteiger partial charge on any atom is -0.481 e. The summed E-state index contributed by atoms with van der Waals surface area (Å²) in [4.78, 5) is 35.1. The number of amides is 3. The minimum atomic E-state index is -0.810. The number of nitrogens with one attached hydrogen (secondary N) is 2. The van der Waals surface area contributed by atoms with Gasteiger partial charge in [0.05, 0.1) is 12.5 Å². The maximum absolute atomic E-state index is 11.6. The second-order valence-corrected chi connectivity index (χ2v) is 5.01. The number of urea groups is 1. The Morgan fingerprint density at radius 3 is 2.53 bits per heavy atom. The van der Waals surface area contributed by atoms with E-state index in [9.17, 15) is 14.4 Å². The normalized spacial score (nSPS) is 22.4. The molecule has 2 unspecified atom stereocenters. The summed E-state index contributed by atoms with van der Waals surface area (Å²) in [6, 6.07) is -0.560. The lowest BCUT2D eigenvalue weighted by Gasteiger charge is -2.27. The van der Waals surface area contributed by atoms with Gasteiger partial charge >= 0.3 is 12.0 Å². The maximum Gasteiger partial charge on any atom is 0.315 e. The Bertz CT molecular complexity index is 357. The first-order valence-corrected chi connectivity index (χ1v) is 6.37. The van der Waals surface area contributed by atoms with Gasteiger partial charge in [-0.15, -0.1) is 0 Å². The highest BCUT2D eigenvalue weighted by Crippen LogP contribution is 2.24. The molecule has 1 aliphatic rings. The number of hydrogen-bond acceptors (Lipinski definition) is 3. The number of aliphatic carboxylic acids is 1. The summed E-state index contributed by atoms with van der Waals surface area (Å²) in [5.41, 5.74) is 0. The largest absolute Gasteiger partial charge is 0.481 e. The Balaban J connectivity index is 2.32. The van der Waals surface area contributed by atoms with Crippen LogP contribution in [-0.4, -0.2) is 54.6 Å². The summed E-state index contributed by atoms with van der Waals surface area (Å²) in [5.74, 6) is -1.39. The van der Waals surface area contributed by atoms with Crippen LogP contribution in [0.1, 0.15) is 25.7 Å². The van der Waals surface area contributed by atoms with Crippen molar-refractivity contribution in [1.82, 2.24) is 15.5 Å². The highest BCUT2D eigenvalue weighted by Gasteiger charge is 2.27. The van der Waals surface area contributed by atoms with E-state index in [-0.39, 0.29) is 24.4 Å². The van der Waals surface area contributed by atoms with Crippen LogP contribution < -0.4 is 10.6 Å². The third-order valence-corrected chi connectivity index (χ3v) is 3.26. The summed E-state index contributed by atoms with van der Waals surface area (Å²) < 4.78 is 0. The van der Waals surface area contributed by atoms with Crippen LogP contribution in [0.3, 0.4) is 0 Å². The molecule has 0 aromatic carbocycles. The van der Waals surface area contributed by atoms with Gasteiger partial charge in [-0.3, -0.25) is 9.59 Å². The molecular weight excluding hydrogens is 250 g/mol. The smallest absolute Gasteiger partial charge is 0.315 e. The predicted octanol–water partition coefficient (Wildman–Crippen LogP) is 0.0172. The quantitative estimate of drug-likeness (QED) is 0.671. The zero-order valence-electron chi connectivity index (χ0n) is 11.3. The Kier molecular flexibility index (Phi) is 5.59. The molecule has 1 aliphatic carbocycles. The van der Waals surface area contributed by atoms with E-state index in [0.29, 0.717) is 12.8 Å². The average Bonchev–Trinajstić information content (AvgIpc) is 2.36. The molecule has 7 heteroatoms. The van der Waals surface area contributed by atoms with Gasteiger partial charge in [-0.1, -0.05) is 6.42 Å². The fourth-order valence-corrected chi connectivity index (χ4v) is 2.10. The lowest BCUT2D eigenvalue weighted by molar-refractivity contribution is -0.143. The van der Waals surface area contributed by atoms with Crippen LogP contribution in [0.5, 0.6) is 0 Å². The van der Waals surface area contributed by atoms with Crippen LogP contribution in [-0.2, 0) is 9.59 Å². The molecule has 7 nitrogen and oxygen atoms in total. The van der Waals surface area contributed by atoms with Crippen molar-refractivity contribution < 1.29 is 19.5 Å². The van der Waals surface area contributed by atoms with Gasteiger partial charge in [0.25, 0.3) is 0 Å². The van der Waals surface area contributed by atoms with Crippen LogP contribution >= 0.6 is 0 Å². The molecule has 3 N–H and O–H groups in total. The summed E-state index contributed by atoms with van der Waals surface area (Å²) >= 11 is 0.